The SMILES string of the molecule is COCCC(=O)N1CCC(Oc2ccc(C(=O)NC3CCNC3)cc2)CC1.Cl. The van der Waals surface area contributed by atoms with Crippen LogP contribution in [0.5, 0.6) is 5.75 Å². The fourth-order valence-electron chi connectivity index (χ4n) is 3.49. The van der Waals surface area contributed by atoms with Gasteiger partial charge in [0.25, 0.3) is 5.91 Å². The summed E-state index contributed by atoms with van der Waals surface area (Å²) in [6.07, 6.45) is 3.13. The van der Waals surface area contributed by atoms with Crippen LogP contribution in [0.25, 0.3) is 0 Å². The lowest BCUT2D eigenvalue weighted by molar-refractivity contribution is -0.133. The summed E-state index contributed by atoms with van der Waals surface area (Å²) in [5.74, 6) is 0.861. The molecule has 28 heavy (non-hydrogen) atoms. The van der Waals surface area contributed by atoms with Gasteiger partial charge in [-0.1, -0.05) is 0 Å². The first kappa shape index (κ1) is 22.5. The van der Waals surface area contributed by atoms with E-state index in [2.05, 4.69) is 10.6 Å². The minimum atomic E-state index is -0.0434. The Balaban J connectivity index is 0.00000280. The molecule has 2 aliphatic rings. The molecule has 156 valence electrons. The molecule has 3 rings (SSSR count). The predicted octanol–water partition coefficient (Wildman–Crippen LogP) is 1.61. The molecule has 1 unspecified atom stereocenters. The zero-order valence-electron chi connectivity index (χ0n) is 16.3. The third-order valence-corrected chi connectivity index (χ3v) is 5.13. The van der Waals surface area contributed by atoms with Crippen molar-refractivity contribution >= 4 is 24.2 Å². The van der Waals surface area contributed by atoms with Gasteiger partial charge in [0, 0.05) is 51.2 Å². The topological polar surface area (TPSA) is 79.9 Å². The Bertz CT molecular complexity index is 627. The number of halogens is 1. The number of hydrogen-bond acceptors (Lipinski definition) is 5. The van der Waals surface area contributed by atoms with Crippen molar-refractivity contribution in [3.05, 3.63) is 29.8 Å². The molecular formula is C20H30ClN3O4. The molecule has 0 bridgehead atoms. The van der Waals surface area contributed by atoms with Gasteiger partial charge in [0.1, 0.15) is 11.9 Å². The highest BCUT2D eigenvalue weighted by Gasteiger charge is 2.24. The molecule has 0 aliphatic carbocycles. The van der Waals surface area contributed by atoms with E-state index < -0.39 is 0 Å². The molecule has 0 aromatic heterocycles. The van der Waals surface area contributed by atoms with E-state index in [-0.39, 0.29) is 36.4 Å². The summed E-state index contributed by atoms with van der Waals surface area (Å²) in [5.41, 5.74) is 0.646. The number of piperidine rings is 1. The van der Waals surface area contributed by atoms with Crippen LogP contribution >= 0.6 is 12.4 Å². The number of carbonyl (C=O) groups excluding carboxylic acids is 2. The second-order valence-electron chi connectivity index (χ2n) is 7.13. The Morgan fingerprint density at radius 3 is 2.50 bits per heavy atom. The summed E-state index contributed by atoms with van der Waals surface area (Å²) in [5, 5.41) is 6.28. The molecule has 0 saturated carbocycles. The van der Waals surface area contributed by atoms with Crippen molar-refractivity contribution in [2.45, 2.75) is 37.8 Å². The molecule has 7 nitrogen and oxygen atoms in total. The molecule has 2 N–H and O–H groups in total. The highest BCUT2D eigenvalue weighted by atomic mass is 35.5. The summed E-state index contributed by atoms with van der Waals surface area (Å²) in [6.45, 7) is 3.67. The largest absolute Gasteiger partial charge is 0.490 e. The highest BCUT2D eigenvalue weighted by molar-refractivity contribution is 5.94. The normalized spacial score (nSPS) is 19.8. The van der Waals surface area contributed by atoms with Gasteiger partial charge in [-0.05, 0) is 37.2 Å². The molecule has 2 heterocycles. The fourth-order valence-corrected chi connectivity index (χ4v) is 3.49. The highest BCUT2D eigenvalue weighted by Crippen LogP contribution is 2.20. The number of ether oxygens (including phenoxy) is 2. The van der Waals surface area contributed by atoms with Gasteiger partial charge in [0.15, 0.2) is 0 Å². The van der Waals surface area contributed by atoms with E-state index in [1.807, 2.05) is 17.0 Å². The monoisotopic (exact) mass is 411 g/mol. The number of rotatable bonds is 7. The van der Waals surface area contributed by atoms with E-state index in [1.54, 1.807) is 19.2 Å². The summed E-state index contributed by atoms with van der Waals surface area (Å²) >= 11 is 0. The van der Waals surface area contributed by atoms with Crippen LogP contribution in [0.2, 0.25) is 0 Å². The van der Waals surface area contributed by atoms with E-state index in [0.29, 0.717) is 31.7 Å². The van der Waals surface area contributed by atoms with Crippen molar-refractivity contribution in [2.24, 2.45) is 0 Å². The first-order valence-corrected chi connectivity index (χ1v) is 9.70. The molecule has 0 spiro atoms. The Morgan fingerprint density at radius 2 is 1.89 bits per heavy atom. The summed E-state index contributed by atoms with van der Waals surface area (Å²) < 4.78 is 11.0. The molecule has 1 aromatic carbocycles. The number of methoxy groups -OCH3 is 1. The van der Waals surface area contributed by atoms with E-state index in [9.17, 15) is 9.59 Å². The lowest BCUT2D eigenvalue weighted by Crippen LogP contribution is -2.42. The van der Waals surface area contributed by atoms with Crippen molar-refractivity contribution in [3.8, 4) is 5.75 Å². The van der Waals surface area contributed by atoms with Gasteiger partial charge in [0.2, 0.25) is 5.91 Å². The second-order valence-corrected chi connectivity index (χ2v) is 7.13. The zero-order valence-corrected chi connectivity index (χ0v) is 17.1. The van der Waals surface area contributed by atoms with Crippen LogP contribution < -0.4 is 15.4 Å². The maximum Gasteiger partial charge on any atom is 0.251 e. The Labute approximate surface area is 172 Å². The van der Waals surface area contributed by atoms with E-state index in [4.69, 9.17) is 9.47 Å². The fraction of sp³-hybridized carbons (Fsp3) is 0.600. The predicted molar refractivity (Wildman–Crippen MR) is 109 cm³/mol. The van der Waals surface area contributed by atoms with Gasteiger partial charge in [0.05, 0.1) is 13.0 Å². The minimum absolute atomic E-state index is 0. The molecule has 2 saturated heterocycles. The van der Waals surface area contributed by atoms with Crippen LogP contribution in [0, 0.1) is 0 Å². The molecule has 1 atom stereocenters. The number of hydrogen-bond donors (Lipinski definition) is 2. The van der Waals surface area contributed by atoms with E-state index in [0.717, 1.165) is 38.1 Å². The third-order valence-electron chi connectivity index (χ3n) is 5.13. The summed E-state index contributed by atoms with van der Waals surface area (Å²) in [7, 11) is 1.61. The van der Waals surface area contributed by atoms with Gasteiger partial charge in [-0.15, -0.1) is 12.4 Å². The Morgan fingerprint density at radius 1 is 1.18 bits per heavy atom. The molecule has 2 aliphatic heterocycles. The van der Waals surface area contributed by atoms with Crippen molar-refractivity contribution in [2.75, 3.05) is 39.9 Å². The van der Waals surface area contributed by atoms with Crippen LogP contribution in [0.1, 0.15) is 36.0 Å². The van der Waals surface area contributed by atoms with Gasteiger partial charge in [-0.25, -0.2) is 0 Å². The number of likely N-dealkylation sites (tertiary alicyclic amines) is 1. The van der Waals surface area contributed by atoms with Crippen LogP contribution in [0.15, 0.2) is 24.3 Å². The number of carbonyl (C=O) groups is 2. The van der Waals surface area contributed by atoms with Crippen molar-refractivity contribution in [1.29, 1.82) is 0 Å². The molecular weight excluding hydrogens is 382 g/mol. The van der Waals surface area contributed by atoms with E-state index in [1.165, 1.54) is 0 Å². The quantitative estimate of drug-likeness (QED) is 0.712. The van der Waals surface area contributed by atoms with Gasteiger partial charge < -0.3 is 25.0 Å². The molecule has 8 heteroatoms. The zero-order chi connectivity index (χ0) is 19.1. The van der Waals surface area contributed by atoms with Crippen LogP contribution in [-0.2, 0) is 9.53 Å². The van der Waals surface area contributed by atoms with Crippen LogP contribution in [0.3, 0.4) is 0 Å². The lowest BCUT2D eigenvalue weighted by Gasteiger charge is -2.32. The Kier molecular flexibility index (Phi) is 9.02. The minimum Gasteiger partial charge on any atom is -0.490 e. The second kappa shape index (κ2) is 11.2. The maximum absolute atomic E-state index is 12.3. The van der Waals surface area contributed by atoms with Crippen molar-refractivity contribution < 1.29 is 19.1 Å². The number of amides is 2. The number of benzene rings is 1. The van der Waals surface area contributed by atoms with Crippen molar-refractivity contribution in [1.82, 2.24) is 15.5 Å². The van der Waals surface area contributed by atoms with Crippen LogP contribution in [-0.4, -0.2) is 68.8 Å². The van der Waals surface area contributed by atoms with Gasteiger partial charge in [-0.2, -0.15) is 0 Å². The summed E-state index contributed by atoms with van der Waals surface area (Å²) in [4.78, 5) is 26.1. The lowest BCUT2D eigenvalue weighted by atomic mass is 10.1. The average molecular weight is 412 g/mol. The molecule has 1 aromatic rings. The summed E-state index contributed by atoms with van der Waals surface area (Å²) in [6, 6.07) is 7.51. The maximum atomic E-state index is 12.3. The molecule has 0 radical (unpaired) electrons. The first-order chi connectivity index (χ1) is 13.2. The van der Waals surface area contributed by atoms with Crippen molar-refractivity contribution in [3.63, 3.8) is 0 Å². The molecule has 2 fully saturated rings. The van der Waals surface area contributed by atoms with Crippen LogP contribution in [0.4, 0.5) is 0 Å². The van der Waals surface area contributed by atoms with Gasteiger partial charge in [-0.3, -0.25) is 9.59 Å². The molecule has 2 amide bonds. The first-order valence-electron chi connectivity index (χ1n) is 9.70. The number of nitrogens with one attached hydrogen (secondary N) is 2. The standard InChI is InChI=1S/C20H29N3O4.ClH/c1-26-13-9-19(24)23-11-7-18(8-12-23)27-17-4-2-15(3-5-17)20(25)22-16-6-10-21-14-16;/h2-5,16,18,21H,6-14H2,1H3,(H,22,25);1H. The average Bonchev–Trinajstić information content (AvgIpc) is 3.20. The third kappa shape index (κ3) is 6.36. The Hall–Kier alpha value is -1.83. The number of nitrogens with zero attached hydrogens (tertiary/aromatic N) is 1. The van der Waals surface area contributed by atoms with E-state index >= 15 is 0 Å². The smallest absolute Gasteiger partial charge is 0.251 e. The van der Waals surface area contributed by atoms with Gasteiger partial charge >= 0.3 is 0 Å².